The van der Waals surface area contributed by atoms with Gasteiger partial charge in [0.15, 0.2) is 0 Å². The van der Waals surface area contributed by atoms with E-state index in [-0.39, 0.29) is 11.5 Å². The molecule has 0 saturated heterocycles. The summed E-state index contributed by atoms with van der Waals surface area (Å²) in [4.78, 5) is 0. The Hall–Kier alpha value is -0.0500. The average Bonchev–Trinajstić information content (AvgIpc) is 2.58. The molecule has 0 spiro atoms. The molecule has 1 saturated carbocycles. The van der Waals surface area contributed by atoms with Crippen LogP contribution in [-0.2, 0) is 0 Å². The summed E-state index contributed by atoms with van der Waals surface area (Å²) in [5.41, 5.74) is 7.46. The molecule has 0 aliphatic heterocycles. The zero-order valence-electron chi connectivity index (χ0n) is 8.22. The molecular weight excluding hydrogens is 261 g/mol. The molecule has 0 bridgehead atoms. The van der Waals surface area contributed by atoms with Crippen molar-refractivity contribution < 1.29 is 0 Å². The summed E-state index contributed by atoms with van der Waals surface area (Å²) in [5.74, 6) is 0.426. The zero-order chi connectivity index (χ0) is 10.5. The lowest BCUT2D eigenvalue weighted by molar-refractivity contribution is 0.598. The molecule has 0 aromatic heterocycles. The smallest absolute Gasteiger partial charge is 0.0409 e. The molecule has 2 rings (SSSR count). The maximum Gasteiger partial charge on any atom is 0.0409 e. The highest BCUT2D eigenvalue weighted by Crippen LogP contribution is 2.58. The van der Waals surface area contributed by atoms with Crippen LogP contribution in [0.2, 0.25) is 5.02 Å². The summed E-state index contributed by atoms with van der Waals surface area (Å²) in [6, 6.07) is 6.12. The van der Waals surface area contributed by atoms with Crippen molar-refractivity contribution in [3.8, 4) is 0 Å². The number of hydrogen-bond donors (Lipinski definition) is 1. The Kier molecular flexibility index (Phi) is 2.41. The van der Waals surface area contributed by atoms with E-state index in [2.05, 4.69) is 29.8 Å². The first-order valence-electron chi connectivity index (χ1n) is 4.65. The molecule has 0 unspecified atom stereocenters. The molecule has 14 heavy (non-hydrogen) atoms. The van der Waals surface area contributed by atoms with Crippen molar-refractivity contribution in [2.24, 2.45) is 11.1 Å². The Labute approximate surface area is 97.8 Å². The number of nitrogens with two attached hydrogens (primary N) is 1. The number of halogens is 2. The number of benzene rings is 1. The van der Waals surface area contributed by atoms with Crippen LogP contribution in [0.4, 0.5) is 0 Å². The van der Waals surface area contributed by atoms with Crippen LogP contribution in [0.3, 0.4) is 0 Å². The molecule has 1 aliphatic carbocycles. The lowest BCUT2D eigenvalue weighted by Crippen LogP contribution is -2.06. The fourth-order valence-corrected chi connectivity index (χ4v) is 2.70. The standard InChI is InChI=1S/C11H13BrClN/c1-11(2)9(10(11)14)7-5-6(13)3-4-8(7)12/h3-5,9-10H,14H2,1-2H3/t9-,10-/m0/s1. The van der Waals surface area contributed by atoms with Crippen LogP contribution < -0.4 is 5.73 Å². The maximum atomic E-state index is 6.03. The zero-order valence-corrected chi connectivity index (χ0v) is 10.6. The van der Waals surface area contributed by atoms with Crippen molar-refractivity contribution in [3.05, 3.63) is 33.3 Å². The molecule has 1 fully saturated rings. The van der Waals surface area contributed by atoms with Crippen molar-refractivity contribution >= 4 is 27.5 Å². The van der Waals surface area contributed by atoms with E-state index >= 15 is 0 Å². The molecule has 3 heteroatoms. The van der Waals surface area contributed by atoms with Gasteiger partial charge < -0.3 is 5.73 Å². The second-order valence-electron chi connectivity index (χ2n) is 4.49. The molecular formula is C11H13BrClN. The molecule has 2 atom stereocenters. The number of rotatable bonds is 1. The van der Waals surface area contributed by atoms with Gasteiger partial charge in [-0.2, -0.15) is 0 Å². The Bertz CT molecular complexity index is 376. The van der Waals surface area contributed by atoms with Gasteiger partial charge in [-0.1, -0.05) is 41.4 Å². The molecule has 76 valence electrons. The quantitative estimate of drug-likeness (QED) is 0.833. The van der Waals surface area contributed by atoms with E-state index < -0.39 is 0 Å². The minimum Gasteiger partial charge on any atom is -0.327 e. The minimum absolute atomic E-state index is 0.202. The second-order valence-corrected chi connectivity index (χ2v) is 5.78. The van der Waals surface area contributed by atoms with Gasteiger partial charge in [-0.05, 0) is 29.2 Å². The fourth-order valence-electron chi connectivity index (χ4n) is 2.02. The van der Waals surface area contributed by atoms with Gasteiger partial charge in [-0.15, -0.1) is 0 Å². The first kappa shape index (κ1) is 10.5. The predicted octanol–water partition coefficient (Wildman–Crippen LogP) is 3.55. The fraction of sp³-hybridized carbons (Fsp3) is 0.455. The van der Waals surface area contributed by atoms with E-state index in [0.717, 1.165) is 9.50 Å². The van der Waals surface area contributed by atoms with Gasteiger partial charge in [0.1, 0.15) is 0 Å². The third-order valence-corrected chi connectivity index (χ3v) is 4.16. The van der Waals surface area contributed by atoms with Crippen LogP contribution in [0.5, 0.6) is 0 Å². The van der Waals surface area contributed by atoms with Gasteiger partial charge in [0.25, 0.3) is 0 Å². The highest BCUT2D eigenvalue weighted by atomic mass is 79.9. The first-order chi connectivity index (χ1) is 6.44. The molecule has 1 aromatic carbocycles. The van der Waals surface area contributed by atoms with Crippen LogP contribution in [0.1, 0.15) is 25.3 Å². The highest BCUT2D eigenvalue weighted by Gasteiger charge is 2.56. The SMILES string of the molecule is CC1(C)[C@@H](N)[C@@H]1c1cc(Cl)ccc1Br. The average molecular weight is 275 g/mol. The molecule has 0 heterocycles. The van der Waals surface area contributed by atoms with Gasteiger partial charge in [0, 0.05) is 21.5 Å². The van der Waals surface area contributed by atoms with Gasteiger partial charge in [0.05, 0.1) is 0 Å². The monoisotopic (exact) mass is 273 g/mol. The molecule has 2 N–H and O–H groups in total. The van der Waals surface area contributed by atoms with E-state index in [9.17, 15) is 0 Å². The number of hydrogen-bond acceptors (Lipinski definition) is 1. The van der Waals surface area contributed by atoms with E-state index in [1.54, 1.807) is 0 Å². The van der Waals surface area contributed by atoms with Crippen molar-refractivity contribution in [1.82, 2.24) is 0 Å². The minimum atomic E-state index is 0.202. The Morgan fingerprint density at radius 3 is 2.50 bits per heavy atom. The van der Waals surface area contributed by atoms with Crippen molar-refractivity contribution in [1.29, 1.82) is 0 Å². The molecule has 1 aromatic rings. The van der Waals surface area contributed by atoms with Gasteiger partial charge in [-0.3, -0.25) is 0 Å². The van der Waals surface area contributed by atoms with Crippen LogP contribution in [-0.4, -0.2) is 6.04 Å². The van der Waals surface area contributed by atoms with Crippen molar-refractivity contribution in [2.75, 3.05) is 0 Å². The van der Waals surface area contributed by atoms with Crippen LogP contribution >= 0.6 is 27.5 Å². The summed E-state index contributed by atoms with van der Waals surface area (Å²) in [5, 5.41) is 0.776. The van der Waals surface area contributed by atoms with Crippen LogP contribution in [0.15, 0.2) is 22.7 Å². The van der Waals surface area contributed by atoms with Gasteiger partial charge in [0.2, 0.25) is 0 Å². The van der Waals surface area contributed by atoms with Crippen LogP contribution in [0, 0.1) is 5.41 Å². The van der Waals surface area contributed by atoms with Crippen LogP contribution in [0.25, 0.3) is 0 Å². The maximum absolute atomic E-state index is 6.03. The summed E-state index contributed by atoms with van der Waals surface area (Å²) in [6.07, 6.45) is 0. The molecule has 1 nitrogen and oxygen atoms in total. The lowest BCUT2D eigenvalue weighted by atomic mass is 10.0. The molecule has 1 aliphatic rings. The van der Waals surface area contributed by atoms with Crippen molar-refractivity contribution in [2.45, 2.75) is 25.8 Å². The molecule has 0 radical (unpaired) electrons. The first-order valence-corrected chi connectivity index (χ1v) is 5.82. The topological polar surface area (TPSA) is 26.0 Å². The third-order valence-electron chi connectivity index (χ3n) is 3.20. The van der Waals surface area contributed by atoms with E-state index in [4.69, 9.17) is 17.3 Å². The third kappa shape index (κ3) is 1.50. The van der Waals surface area contributed by atoms with E-state index in [0.29, 0.717) is 5.92 Å². The summed E-state index contributed by atoms with van der Waals surface area (Å²) in [6.45, 7) is 4.38. The van der Waals surface area contributed by atoms with Crippen molar-refractivity contribution in [3.63, 3.8) is 0 Å². The Morgan fingerprint density at radius 1 is 1.43 bits per heavy atom. The Morgan fingerprint density at radius 2 is 2.00 bits per heavy atom. The second kappa shape index (κ2) is 3.22. The summed E-state index contributed by atoms with van der Waals surface area (Å²) < 4.78 is 1.10. The molecule has 0 amide bonds. The summed E-state index contributed by atoms with van der Waals surface area (Å²) in [7, 11) is 0. The Balaban J connectivity index is 2.39. The highest BCUT2D eigenvalue weighted by molar-refractivity contribution is 9.10. The van der Waals surface area contributed by atoms with E-state index in [1.807, 2.05) is 18.2 Å². The van der Waals surface area contributed by atoms with E-state index in [1.165, 1.54) is 5.56 Å². The van der Waals surface area contributed by atoms with Gasteiger partial charge >= 0.3 is 0 Å². The largest absolute Gasteiger partial charge is 0.327 e. The normalized spacial score (nSPS) is 28.9. The summed E-state index contributed by atoms with van der Waals surface area (Å²) >= 11 is 9.50. The lowest BCUT2D eigenvalue weighted by Gasteiger charge is -2.06. The van der Waals surface area contributed by atoms with Gasteiger partial charge in [-0.25, -0.2) is 0 Å². The predicted molar refractivity (Wildman–Crippen MR) is 63.6 cm³/mol.